The van der Waals surface area contributed by atoms with Crippen molar-refractivity contribution in [2.45, 2.75) is 6.61 Å². The normalized spacial score (nSPS) is 10.5. The van der Waals surface area contributed by atoms with Gasteiger partial charge in [-0.05, 0) is 35.9 Å². The van der Waals surface area contributed by atoms with Gasteiger partial charge in [-0.3, -0.25) is 4.98 Å². The van der Waals surface area contributed by atoms with Crippen LogP contribution >= 0.6 is 0 Å². The van der Waals surface area contributed by atoms with Crippen molar-refractivity contribution in [1.82, 2.24) is 9.97 Å². The van der Waals surface area contributed by atoms with Crippen LogP contribution in [-0.4, -0.2) is 9.97 Å². The highest BCUT2D eigenvalue weighted by molar-refractivity contribution is 5.79. The summed E-state index contributed by atoms with van der Waals surface area (Å²) in [5.41, 5.74) is 7.54. The second kappa shape index (κ2) is 4.94. The van der Waals surface area contributed by atoms with Crippen LogP contribution in [0.15, 0.2) is 54.9 Å². The fraction of sp³-hybridized carbons (Fsp3) is 0.0667. The lowest BCUT2D eigenvalue weighted by Gasteiger charge is -2.07. The highest BCUT2D eigenvalue weighted by atomic mass is 16.5. The molecule has 0 bridgehead atoms. The summed E-state index contributed by atoms with van der Waals surface area (Å²) < 4.78 is 5.73. The molecule has 0 amide bonds. The predicted octanol–water partition coefficient (Wildman–Crippen LogP) is 2.79. The molecule has 4 nitrogen and oxygen atoms in total. The number of pyridine rings is 2. The smallest absolute Gasteiger partial charge is 0.123 e. The molecule has 4 heteroatoms. The highest BCUT2D eigenvalue weighted by Crippen LogP contribution is 2.19. The Hall–Kier alpha value is -2.62. The van der Waals surface area contributed by atoms with E-state index in [-0.39, 0.29) is 0 Å². The van der Waals surface area contributed by atoms with E-state index in [1.165, 1.54) is 0 Å². The van der Waals surface area contributed by atoms with E-state index < -0.39 is 0 Å². The largest absolute Gasteiger partial charge is 0.489 e. The van der Waals surface area contributed by atoms with E-state index in [0.717, 1.165) is 22.2 Å². The zero-order valence-corrected chi connectivity index (χ0v) is 10.3. The van der Waals surface area contributed by atoms with Crippen molar-refractivity contribution in [2.75, 3.05) is 5.73 Å². The van der Waals surface area contributed by atoms with Crippen LogP contribution in [0.3, 0.4) is 0 Å². The summed E-state index contributed by atoms with van der Waals surface area (Å²) >= 11 is 0. The molecule has 0 atom stereocenters. The number of nitrogens with two attached hydrogens (primary N) is 1. The molecule has 0 aliphatic carbocycles. The van der Waals surface area contributed by atoms with Crippen molar-refractivity contribution >= 4 is 16.7 Å². The van der Waals surface area contributed by atoms with E-state index in [2.05, 4.69) is 9.97 Å². The molecule has 3 rings (SSSR count). The maximum Gasteiger partial charge on any atom is 0.123 e. The first-order chi connectivity index (χ1) is 9.31. The van der Waals surface area contributed by atoms with E-state index in [0.29, 0.717) is 12.4 Å². The van der Waals surface area contributed by atoms with Crippen LogP contribution in [0.5, 0.6) is 5.75 Å². The summed E-state index contributed by atoms with van der Waals surface area (Å²) in [6, 6.07) is 13.5. The minimum absolute atomic E-state index is 0.463. The topological polar surface area (TPSA) is 61.0 Å². The number of benzene rings is 1. The fourth-order valence-electron chi connectivity index (χ4n) is 1.89. The van der Waals surface area contributed by atoms with E-state index in [9.17, 15) is 0 Å². The average molecular weight is 251 g/mol. The van der Waals surface area contributed by atoms with Crippen LogP contribution in [0.2, 0.25) is 0 Å². The van der Waals surface area contributed by atoms with Crippen molar-refractivity contribution in [3.63, 3.8) is 0 Å². The van der Waals surface area contributed by atoms with Crippen LogP contribution in [0.25, 0.3) is 10.9 Å². The highest BCUT2D eigenvalue weighted by Gasteiger charge is 1.99. The molecule has 0 unspecified atom stereocenters. The van der Waals surface area contributed by atoms with Gasteiger partial charge in [-0.2, -0.15) is 0 Å². The zero-order valence-electron chi connectivity index (χ0n) is 10.3. The Morgan fingerprint density at radius 2 is 1.95 bits per heavy atom. The minimum Gasteiger partial charge on any atom is -0.489 e. The van der Waals surface area contributed by atoms with Crippen LogP contribution in [0, 0.1) is 0 Å². The van der Waals surface area contributed by atoms with Crippen LogP contribution < -0.4 is 10.5 Å². The number of nitrogens with zero attached hydrogens (tertiary/aromatic N) is 2. The van der Waals surface area contributed by atoms with Gasteiger partial charge in [0.1, 0.15) is 18.2 Å². The molecule has 19 heavy (non-hydrogen) atoms. The van der Waals surface area contributed by atoms with E-state index in [4.69, 9.17) is 10.5 Å². The molecule has 94 valence electrons. The van der Waals surface area contributed by atoms with Gasteiger partial charge >= 0.3 is 0 Å². The van der Waals surface area contributed by atoms with E-state index >= 15 is 0 Å². The van der Waals surface area contributed by atoms with Crippen LogP contribution in [0.4, 0.5) is 5.82 Å². The van der Waals surface area contributed by atoms with Gasteiger partial charge in [-0.1, -0.05) is 6.07 Å². The zero-order chi connectivity index (χ0) is 13.1. The SMILES string of the molecule is Nc1cc(COc2ccc3cccnc3c2)ccn1. The molecule has 0 fully saturated rings. The van der Waals surface area contributed by atoms with Crippen molar-refractivity contribution in [3.05, 3.63) is 60.4 Å². The third-order valence-corrected chi connectivity index (χ3v) is 2.83. The van der Waals surface area contributed by atoms with Gasteiger partial charge in [0, 0.05) is 23.8 Å². The van der Waals surface area contributed by atoms with Crippen molar-refractivity contribution in [3.8, 4) is 5.75 Å². The molecule has 0 saturated carbocycles. The number of fused-ring (bicyclic) bond motifs is 1. The quantitative estimate of drug-likeness (QED) is 0.777. The number of aromatic nitrogens is 2. The lowest BCUT2D eigenvalue weighted by molar-refractivity contribution is 0.306. The van der Waals surface area contributed by atoms with Crippen molar-refractivity contribution in [1.29, 1.82) is 0 Å². The molecule has 1 aromatic carbocycles. The second-order valence-electron chi connectivity index (χ2n) is 4.24. The number of nitrogen functional groups attached to an aromatic ring is 1. The maximum absolute atomic E-state index is 5.73. The van der Waals surface area contributed by atoms with Gasteiger partial charge in [0.05, 0.1) is 5.52 Å². The molecule has 3 aromatic rings. The van der Waals surface area contributed by atoms with Gasteiger partial charge in [0.15, 0.2) is 0 Å². The van der Waals surface area contributed by atoms with Gasteiger partial charge < -0.3 is 10.5 Å². The van der Waals surface area contributed by atoms with Crippen LogP contribution in [0.1, 0.15) is 5.56 Å². The maximum atomic E-state index is 5.73. The number of hydrogen-bond acceptors (Lipinski definition) is 4. The summed E-state index contributed by atoms with van der Waals surface area (Å²) in [5, 5.41) is 1.10. The summed E-state index contributed by atoms with van der Waals surface area (Å²) in [4.78, 5) is 8.25. The number of rotatable bonds is 3. The first-order valence-corrected chi connectivity index (χ1v) is 5.99. The lowest BCUT2D eigenvalue weighted by Crippen LogP contribution is -1.98. The summed E-state index contributed by atoms with van der Waals surface area (Å²) in [5.74, 6) is 1.29. The molecule has 0 spiro atoms. The number of anilines is 1. The van der Waals surface area contributed by atoms with E-state index in [1.54, 1.807) is 18.5 Å². The lowest BCUT2D eigenvalue weighted by atomic mass is 10.2. The first kappa shape index (κ1) is 11.5. The Morgan fingerprint density at radius 1 is 1.00 bits per heavy atom. The number of ether oxygens (including phenoxy) is 1. The molecular formula is C15H13N3O. The molecule has 0 aliphatic rings. The summed E-state index contributed by atoms with van der Waals surface area (Å²) in [6.07, 6.45) is 3.45. The minimum atomic E-state index is 0.463. The van der Waals surface area contributed by atoms with Crippen molar-refractivity contribution < 1.29 is 4.74 Å². The van der Waals surface area contributed by atoms with Crippen LogP contribution in [-0.2, 0) is 6.61 Å². The second-order valence-corrected chi connectivity index (χ2v) is 4.24. The third-order valence-electron chi connectivity index (χ3n) is 2.83. The standard InChI is InChI=1S/C15H13N3O/c16-15-8-11(5-7-18-15)10-19-13-4-3-12-2-1-6-17-14(12)9-13/h1-9H,10H2,(H2,16,18). The molecular weight excluding hydrogens is 238 g/mol. The first-order valence-electron chi connectivity index (χ1n) is 5.99. The van der Waals surface area contributed by atoms with Gasteiger partial charge in [0.2, 0.25) is 0 Å². The van der Waals surface area contributed by atoms with Gasteiger partial charge in [-0.25, -0.2) is 4.98 Å². The van der Waals surface area contributed by atoms with Gasteiger partial charge in [0.25, 0.3) is 0 Å². The number of hydrogen-bond donors (Lipinski definition) is 1. The Labute approximate surface area is 110 Å². The Morgan fingerprint density at radius 3 is 2.84 bits per heavy atom. The summed E-state index contributed by atoms with van der Waals surface area (Å²) in [6.45, 7) is 0.463. The Balaban J connectivity index is 1.78. The molecule has 0 saturated heterocycles. The van der Waals surface area contributed by atoms with Crippen molar-refractivity contribution in [2.24, 2.45) is 0 Å². The average Bonchev–Trinajstić information content (AvgIpc) is 2.45. The monoisotopic (exact) mass is 251 g/mol. The van der Waals surface area contributed by atoms with E-state index in [1.807, 2.05) is 36.4 Å². The Kier molecular flexibility index (Phi) is 2.98. The van der Waals surface area contributed by atoms with Gasteiger partial charge in [-0.15, -0.1) is 0 Å². The fourth-order valence-corrected chi connectivity index (χ4v) is 1.89. The predicted molar refractivity (Wildman–Crippen MR) is 74.7 cm³/mol. The molecule has 2 heterocycles. The molecule has 2 aromatic heterocycles. The Bertz CT molecular complexity index is 712. The molecule has 0 aliphatic heterocycles. The summed E-state index contributed by atoms with van der Waals surface area (Å²) in [7, 11) is 0. The third kappa shape index (κ3) is 2.63. The molecule has 0 radical (unpaired) electrons. The molecule has 2 N–H and O–H groups in total.